The van der Waals surface area contributed by atoms with Crippen molar-refractivity contribution in [3.63, 3.8) is 0 Å². The SMILES string of the molecule is Cc1ccc(NC(=O)CN2C(=O)/C(=C3\SC(=S)N(C(C)c4ccccc4)C3=O)c3ccccc32)cc1C. The Morgan fingerprint density at radius 1 is 0.946 bits per heavy atom. The van der Waals surface area contributed by atoms with Crippen LogP contribution in [0.5, 0.6) is 0 Å². The van der Waals surface area contributed by atoms with Gasteiger partial charge in [-0.25, -0.2) is 0 Å². The Morgan fingerprint density at radius 3 is 2.38 bits per heavy atom. The summed E-state index contributed by atoms with van der Waals surface area (Å²) in [6.07, 6.45) is 0. The number of carbonyl (C=O) groups is 3. The first-order chi connectivity index (χ1) is 17.8. The molecule has 1 unspecified atom stereocenters. The second kappa shape index (κ2) is 9.95. The standard InChI is InChI=1S/C29H25N3O3S2/c1-17-13-14-21(15-18(17)2)30-24(33)16-31-23-12-8-7-11-22(23)25(27(31)34)26-28(35)32(29(36)37-26)19(3)20-9-5-4-6-10-20/h4-15,19H,16H2,1-3H3,(H,30,33)/b26-25-. The second-order valence-corrected chi connectivity index (χ2v) is 10.7. The van der Waals surface area contributed by atoms with Gasteiger partial charge in [0.2, 0.25) is 5.91 Å². The lowest BCUT2D eigenvalue weighted by Gasteiger charge is -2.23. The summed E-state index contributed by atoms with van der Waals surface area (Å²) in [7, 11) is 0. The zero-order valence-electron chi connectivity index (χ0n) is 20.6. The van der Waals surface area contributed by atoms with Crippen LogP contribution < -0.4 is 10.2 Å². The van der Waals surface area contributed by atoms with E-state index in [0.717, 1.165) is 28.5 Å². The maximum atomic E-state index is 13.7. The van der Waals surface area contributed by atoms with Crippen molar-refractivity contribution in [2.24, 2.45) is 0 Å². The first-order valence-corrected chi connectivity index (χ1v) is 13.1. The van der Waals surface area contributed by atoms with E-state index in [1.54, 1.807) is 17.0 Å². The van der Waals surface area contributed by atoms with Gasteiger partial charge in [-0.2, -0.15) is 0 Å². The number of hydrogen-bond donors (Lipinski definition) is 1. The smallest absolute Gasteiger partial charge is 0.267 e. The zero-order chi connectivity index (χ0) is 26.3. The van der Waals surface area contributed by atoms with Crippen molar-refractivity contribution in [3.8, 4) is 0 Å². The van der Waals surface area contributed by atoms with E-state index in [-0.39, 0.29) is 35.9 Å². The molecule has 0 bridgehead atoms. The van der Waals surface area contributed by atoms with Gasteiger partial charge in [0.15, 0.2) is 0 Å². The summed E-state index contributed by atoms with van der Waals surface area (Å²) in [4.78, 5) is 43.5. The maximum Gasteiger partial charge on any atom is 0.267 e. The van der Waals surface area contributed by atoms with Crippen molar-refractivity contribution in [1.29, 1.82) is 0 Å². The molecule has 3 amide bonds. The number of benzene rings is 3. The molecule has 2 aliphatic rings. The molecule has 0 spiro atoms. The molecule has 3 aromatic rings. The van der Waals surface area contributed by atoms with Gasteiger partial charge in [0.25, 0.3) is 11.8 Å². The van der Waals surface area contributed by atoms with Gasteiger partial charge in [-0.1, -0.05) is 78.6 Å². The molecule has 1 atom stereocenters. The van der Waals surface area contributed by atoms with Crippen LogP contribution in [0.4, 0.5) is 11.4 Å². The van der Waals surface area contributed by atoms with Gasteiger partial charge >= 0.3 is 0 Å². The number of thiocarbonyl (C=S) groups is 1. The molecule has 1 N–H and O–H groups in total. The molecule has 2 heterocycles. The monoisotopic (exact) mass is 527 g/mol. The zero-order valence-corrected chi connectivity index (χ0v) is 22.3. The van der Waals surface area contributed by atoms with E-state index in [4.69, 9.17) is 12.2 Å². The molecule has 37 heavy (non-hydrogen) atoms. The van der Waals surface area contributed by atoms with Crippen LogP contribution in [0.25, 0.3) is 5.57 Å². The molecular weight excluding hydrogens is 502 g/mol. The predicted molar refractivity (Wildman–Crippen MR) is 152 cm³/mol. The van der Waals surface area contributed by atoms with Gasteiger partial charge < -0.3 is 5.32 Å². The minimum Gasteiger partial charge on any atom is -0.325 e. The average Bonchev–Trinajstić information content (AvgIpc) is 3.33. The Balaban J connectivity index is 1.44. The van der Waals surface area contributed by atoms with E-state index >= 15 is 0 Å². The molecule has 2 aliphatic heterocycles. The number of rotatable bonds is 5. The number of nitrogens with one attached hydrogen (secondary N) is 1. The van der Waals surface area contributed by atoms with Crippen molar-refractivity contribution >= 4 is 63.0 Å². The van der Waals surface area contributed by atoms with E-state index < -0.39 is 0 Å². The lowest BCUT2D eigenvalue weighted by Crippen LogP contribution is -2.35. The number of amides is 3. The van der Waals surface area contributed by atoms with Gasteiger partial charge in [-0.05, 0) is 55.7 Å². The lowest BCUT2D eigenvalue weighted by molar-refractivity contribution is -0.123. The van der Waals surface area contributed by atoms with Gasteiger partial charge in [0, 0.05) is 11.3 Å². The first-order valence-electron chi connectivity index (χ1n) is 11.9. The quantitative estimate of drug-likeness (QED) is 0.345. The highest BCUT2D eigenvalue weighted by atomic mass is 32.2. The summed E-state index contributed by atoms with van der Waals surface area (Å²) in [6, 6.07) is 22.3. The minimum atomic E-state index is -0.385. The van der Waals surface area contributed by atoms with E-state index in [0.29, 0.717) is 26.2 Å². The number of anilines is 2. The van der Waals surface area contributed by atoms with Crippen LogP contribution in [0.15, 0.2) is 77.7 Å². The minimum absolute atomic E-state index is 0.174. The third kappa shape index (κ3) is 4.58. The molecule has 1 fully saturated rings. The largest absolute Gasteiger partial charge is 0.325 e. The molecule has 5 rings (SSSR count). The average molecular weight is 528 g/mol. The number of para-hydroxylation sites is 1. The number of thioether (sulfide) groups is 1. The van der Waals surface area contributed by atoms with Crippen molar-refractivity contribution in [1.82, 2.24) is 4.90 Å². The topological polar surface area (TPSA) is 69.7 Å². The van der Waals surface area contributed by atoms with Crippen LogP contribution in [-0.2, 0) is 14.4 Å². The Labute approximate surface area is 225 Å². The van der Waals surface area contributed by atoms with E-state index in [2.05, 4.69) is 5.32 Å². The van der Waals surface area contributed by atoms with Crippen molar-refractivity contribution in [3.05, 3.63) is 100.0 Å². The lowest BCUT2D eigenvalue weighted by atomic mass is 10.1. The van der Waals surface area contributed by atoms with Gasteiger partial charge in [-0.15, -0.1) is 0 Å². The Morgan fingerprint density at radius 2 is 1.65 bits per heavy atom. The molecule has 6 nitrogen and oxygen atoms in total. The number of aryl methyl sites for hydroxylation is 2. The fourth-order valence-corrected chi connectivity index (χ4v) is 6.05. The van der Waals surface area contributed by atoms with Crippen LogP contribution in [0.2, 0.25) is 0 Å². The van der Waals surface area contributed by atoms with Crippen molar-refractivity contribution < 1.29 is 14.4 Å². The van der Waals surface area contributed by atoms with E-state index in [9.17, 15) is 14.4 Å². The molecule has 0 aliphatic carbocycles. The molecule has 1 saturated heterocycles. The third-order valence-corrected chi connectivity index (χ3v) is 8.11. The predicted octanol–water partition coefficient (Wildman–Crippen LogP) is 5.62. The van der Waals surface area contributed by atoms with E-state index in [1.807, 2.05) is 81.4 Å². The summed E-state index contributed by atoms with van der Waals surface area (Å²) >= 11 is 6.72. The van der Waals surface area contributed by atoms with Crippen LogP contribution in [0, 0.1) is 13.8 Å². The highest BCUT2D eigenvalue weighted by molar-refractivity contribution is 8.26. The molecule has 0 radical (unpaired) electrons. The van der Waals surface area contributed by atoms with Crippen LogP contribution >= 0.6 is 24.0 Å². The number of carbonyl (C=O) groups excluding carboxylic acids is 3. The van der Waals surface area contributed by atoms with Crippen LogP contribution in [-0.4, -0.2) is 33.5 Å². The molecule has 3 aromatic carbocycles. The Kier molecular flexibility index (Phi) is 6.70. The first kappa shape index (κ1) is 24.9. The number of hydrogen-bond acceptors (Lipinski definition) is 5. The summed E-state index contributed by atoms with van der Waals surface area (Å²) in [5.41, 5.74) is 5.32. The molecule has 0 saturated carbocycles. The highest BCUT2D eigenvalue weighted by Crippen LogP contribution is 2.46. The molecular formula is C29H25N3O3S2. The second-order valence-electron chi connectivity index (χ2n) is 9.09. The Hall–Kier alpha value is -3.75. The van der Waals surface area contributed by atoms with E-state index in [1.165, 1.54) is 4.90 Å². The van der Waals surface area contributed by atoms with Crippen molar-refractivity contribution in [2.45, 2.75) is 26.8 Å². The molecule has 0 aromatic heterocycles. The molecule has 8 heteroatoms. The maximum absolute atomic E-state index is 13.7. The number of fused-ring (bicyclic) bond motifs is 1. The Bertz CT molecular complexity index is 1480. The highest BCUT2D eigenvalue weighted by Gasteiger charge is 2.43. The van der Waals surface area contributed by atoms with Crippen LogP contribution in [0.1, 0.15) is 35.2 Å². The fraction of sp³-hybridized carbons (Fsp3) is 0.172. The summed E-state index contributed by atoms with van der Waals surface area (Å²) < 4.78 is 0.403. The van der Waals surface area contributed by atoms with Crippen molar-refractivity contribution in [2.75, 3.05) is 16.8 Å². The van der Waals surface area contributed by atoms with Gasteiger partial charge in [0.05, 0.1) is 22.2 Å². The van der Waals surface area contributed by atoms with Gasteiger partial charge in [0.1, 0.15) is 10.9 Å². The fourth-order valence-electron chi connectivity index (χ4n) is 4.56. The summed E-state index contributed by atoms with van der Waals surface area (Å²) in [6.45, 7) is 5.73. The summed E-state index contributed by atoms with van der Waals surface area (Å²) in [5, 5.41) is 2.88. The molecule has 186 valence electrons. The third-order valence-electron chi connectivity index (χ3n) is 6.71. The van der Waals surface area contributed by atoms with Crippen LogP contribution in [0.3, 0.4) is 0 Å². The normalized spacial score (nSPS) is 17.9. The van der Waals surface area contributed by atoms with Gasteiger partial charge in [-0.3, -0.25) is 24.2 Å². The number of nitrogens with zero attached hydrogens (tertiary/aromatic N) is 2. The summed E-state index contributed by atoms with van der Waals surface area (Å²) in [5.74, 6) is -1.01.